The Morgan fingerprint density at radius 2 is 2.18 bits per heavy atom. The van der Waals surface area contributed by atoms with Crippen molar-refractivity contribution in [2.75, 3.05) is 5.32 Å². The van der Waals surface area contributed by atoms with Crippen molar-refractivity contribution in [1.29, 1.82) is 5.26 Å². The molecule has 0 aliphatic heterocycles. The highest BCUT2D eigenvalue weighted by atomic mass is 35.5. The van der Waals surface area contributed by atoms with Gasteiger partial charge in [0.1, 0.15) is 6.07 Å². The maximum absolute atomic E-state index is 10.8. The van der Waals surface area contributed by atoms with Crippen LogP contribution >= 0.6 is 11.6 Å². The first-order valence-electron chi connectivity index (χ1n) is 5.15. The van der Waals surface area contributed by atoms with Crippen LogP contribution in [0.25, 0.3) is 0 Å². The van der Waals surface area contributed by atoms with Crippen LogP contribution in [0.4, 0.5) is 5.69 Å². The molecule has 0 heterocycles. The number of nitrogens with zero attached hydrogens (tertiary/aromatic N) is 1. The Hall–Kier alpha value is -1.73. The van der Waals surface area contributed by atoms with Crippen LogP contribution in [0, 0.1) is 17.2 Å². The lowest BCUT2D eigenvalue weighted by atomic mass is 10.0. The minimum Gasteiger partial charge on any atom is -0.481 e. The van der Waals surface area contributed by atoms with Crippen molar-refractivity contribution in [3.8, 4) is 6.07 Å². The number of hydrogen-bond donors (Lipinski definition) is 2. The van der Waals surface area contributed by atoms with E-state index in [0.29, 0.717) is 16.3 Å². The number of carboxylic acid groups (broad SMARTS) is 1. The third-order valence-electron chi connectivity index (χ3n) is 2.65. The van der Waals surface area contributed by atoms with Gasteiger partial charge in [0.05, 0.1) is 22.2 Å². The lowest BCUT2D eigenvalue weighted by molar-refractivity contribution is -0.141. The van der Waals surface area contributed by atoms with Gasteiger partial charge in [-0.2, -0.15) is 5.26 Å². The van der Waals surface area contributed by atoms with E-state index in [1.165, 1.54) is 0 Å². The van der Waals surface area contributed by atoms with Gasteiger partial charge in [0.2, 0.25) is 0 Å². The van der Waals surface area contributed by atoms with E-state index in [2.05, 4.69) is 5.32 Å². The third-order valence-corrected chi connectivity index (χ3v) is 2.96. The highest BCUT2D eigenvalue weighted by Crippen LogP contribution is 2.24. The number of hydrogen-bond acceptors (Lipinski definition) is 3. The summed E-state index contributed by atoms with van der Waals surface area (Å²) >= 11 is 5.88. The highest BCUT2D eigenvalue weighted by molar-refractivity contribution is 6.32. The summed E-state index contributed by atoms with van der Waals surface area (Å²) < 4.78 is 0. The molecule has 0 aliphatic rings. The summed E-state index contributed by atoms with van der Waals surface area (Å²) in [6.45, 7) is 3.36. The Bertz CT molecular complexity index is 468. The standard InChI is InChI=1S/C12H13ClN2O2/c1-7(12(16)17)8(2)15-11-5-3-4-10(13)9(11)6-14/h3-5,7-8,15H,1-2H3,(H,16,17). The summed E-state index contributed by atoms with van der Waals surface area (Å²) in [7, 11) is 0. The van der Waals surface area contributed by atoms with Crippen molar-refractivity contribution in [1.82, 2.24) is 0 Å². The number of nitrogens with one attached hydrogen (secondary N) is 1. The van der Waals surface area contributed by atoms with E-state index < -0.39 is 11.9 Å². The quantitative estimate of drug-likeness (QED) is 0.864. The minimum absolute atomic E-state index is 0.293. The fourth-order valence-electron chi connectivity index (χ4n) is 1.34. The van der Waals surface area contributed by atoms with Crippen molar-refractivity contribution >= 4 is 23.3 Å². The topological polar surface area (TPSA) is 73.1 Å². The Morgan fingerprint density at radius 1 is 1.53 bits per heavy atom. The zero-order valence-corrected chi connectivity index (χ0v) is 10.3. The van der Waals surface area contributed by atoms with Gasteiger partial charge in [0.15, 0.2) is 0 Å². The molecule has 0 saturated heterocycles. The van der Waals surface area contributed by atoms with E-state index in [1.54, 1.807) is 32.0 Å². The Kier molecular flexibility index (Phi) is 4.36. The average molecular weight is 253 g/mol. The predicted molar refractivity (Wildman–Crippen MR) is 66.1 cm³/mol. The van der Waals surface area contributed by atoms with Gasteiger partial charge >= 0.3 is 5.97 Å². The van der Waals surface area contributed by atoms with Gasteiger partial charge < -0.3 is 10.4 Å². The molecule has 90 valence electrons. The lowest BCUT2D eigenvalue weighted by Gasteiger charge is -2.19. The van der Waals surface area contributed by atoms with Crippen LogP contribution in [0.3, 0.4) is 0 Å². The molecule has 1 rings (SSSR count). The summed E-state index contributed by atoms with van der Waals surface area (Å²) in [5, 5.41) is 21.2. The van der Waals surface area contributed by atoms with E-state index in [4.69, 9.17) is 22.0 Å². The first kappa shape index (κ1) is 13.3. The number of anilines is 1. The van der Waals surface area contributed by atoms with Gasteiger partial charge in [-0.15, -0.1) is 0 Å². The number of rotatable bonds is 4. The molecule has 1 aromatic carbocycles. The van der Waals surface area contributed by atoms with Crippen LogP contribution < -0.4 is 5.32 Å². The monoisotopic (exact) mass is 252 g/mol. The van der Waals surface area contributed by atoms with Crippen molar-refractivity contribution in [2.45, 2.75) is 19.9 Å². The molecule has 0 aromatic heterocycles. The zero-order chi connectivity index (χ0) is 13.0. The number of nitriles is 1. The van der Waals surface area contributed by atoms with Crippen molar-refractivity contribution in [3.63, 3.8) is 0 Å². The van der Waals surface area contributed by atoms with Crippen molar-refractivity contribution in [3.05, 3.63) is 28.8 Å². The van der Waals surface area contributed by atoms with Crippen LogP contribution in [-0.2, 0) is 4.79 Å². The molecule has 0 fully saturated rings. The summed E-state index contributed by atoms with van der Waals surface area (Å²) in [5.74, 6) is -1.44. The zero-order valence-electron chi connectivity index (χ0n) is 9.57. The van der Waals surface area contributed by atoms with Gasteiger partial charge in [0.25, 0.3) is 0 Å². The molecule has 2 atom stereocenters. The van der Waals surface area contributed by atoms with Gasteiger partial charge in [-0.1, -0.05) is 17.7 Å². The summed E-state index contributed by atoms with van der Waals surface area (Å²) in [6, 6.07) is 6.74. The van der Waals surface area contributed by atoms with Crippen molar-refractivity contribution in [2.24, 2.45) is 5.92 Å². The van der Waals surface area contributed by atoms with E-state index in [9.17, 15) is 4.79 Å². The molecule has 0 spiro atoms. The molecule has 0 radical (unpaired) electrons. The fourth-order valence-corrected chi connectivity index (χ4v) is 1.56. The van der Waals surface area contributed by atoms with E-state index in [-0.39, 0.29) is 6.04 Å². The van der Waals surface area contributed by atoms with Crippen molar-refractivity contribution < 1.29 is 9.90 Å². The van der Waals surface area contributed by atoms with Crippen LogP contribution in [0.15, 0.2) is 18.2 Å². The first-order valence-corrected chi connectivity index (χ1v) is 5.53. The maximum atomic E-state index is 10.8. The molecule has 5 heteroatoms. The molecule has 1 aromatic rings. The Balaban J connectivity index is 2.93. The summed E-state index contributed by atoms with van der Waals surface area (Å²) in [5.41, 5.74) is 0.888. The molecular formula is C12H13ClN2O2. The highest BCUT2D eigenvalue weighted by Gasteiger charge is 2.20. The second kappa shape index (κ2) is 5.55. The second-order valence-corrected chi connectivity index (χ2v) is 4.24. The molecule has 4 nitrogen and oxygen atoms in total. The molecular weight excluding hydrogens is 240 g/mol. The number of carboxylic acids is 1. The summed E-state index contributed by atoms with van der Waals surface area (Å²) in [4.78, 5) is 10.8. The van der Waals surface area contributed by atoms with Crippen LogP contribution in [0.2, 0.25) is 5.02 Å². The van der Waals surface area contributed by atoms with Gasteiger partial charge in [-0.3, -0.25) is 4.79 Å². The molecule has 2 N–H and O–H groups in total. The summed E-state index contributed by atoms with van der Waals surface area (Å²) in [6.07, 6.45) is 0. The maximum Gasteiger partial charge on any atom is 0.308 e. The molecule has 0 bridgehead atoms. The molecule has 0 saturated carbocycles. The molecule has 2 unspecified atom stereocenters. The normalized spacial score (nSPS) is 13.5. The molecule has 0 amide bonds. The van der Waals surface area contributed by atoms with Gasteiger partial charge in [-0.05, 0) is 26.0 Å². The molecule has 0 aliphatic carbocycles. The van der Waals surface area contributed by atoms with Crippen LogP contribution in [-0.4, -0.2) is 17.1 Å². The lowest BCUT2D eigenvalue weighted by Crippen LogP contribution is -2.30. The van der Waals surface area contributed by atoms with Gasteiger partial charge in [-0.25, -0.2) is 0 Å². The molecule has 17 heavy (non-hydrogen) atoms. The second-order valence-electron chi connectivity index (χ2n) is 3.83. The number of aliphatic carboxylic acids is 1. The predicted octanol–water partition coefficient (Wildman–Crippen LogP) is 2.73. The number of benzene rings is 1. The number of carbonyl (C=O) groups is 1. The van der Waals surface area contributed by atoms with Crippen LogP contribution in [0.5, 0.6) is 0 Å². The Morgan fingerprint density at radius 3 is 2.71 bits per heavy atom. The smallest absolute Gasteiger partial charge is 0.308 e. The van der Waals surface area contributed by atoms with E-state index >= 15 is 0 Å². The SMILES string of the molecule is CC(Nc1cccc(Cl)c1C#N)C(C)C(=O)O. The number of halogens is 1. The average Bonchev–Trinajstić information content (AvgIpc) is 2.28. The van der Waals surface area contributed by atoms with E-state index in [1.807, 2.05) is 6.07 Å². The third kappa shape index (κ3) is 3.11. The first-order chi connectivity index (χ1) is 7.97. The van der Waals surface area contributed by atoms with Gasteiger partial charge in [0, 0.05) is 6.04 Å². The minimum atomic E-state index is -0.884. The largest absolute Gasteiger partial charge is 0.481 e. The van der Waals surface area contributed by atoms with E-state index in [0.717, 1.165) is 0 Å². The fraction of sp³-hybridized carbons (Fsp3) is 0.333. The van der Waals surface area contributed by atoms with Crippen LogP contribution in [0.1, 0.15) is 19.4 Å². The Labute approximate surface area is 105 Å².